The van der Waals surface area contributed by atoms with E-state index in [0.29, 0.717) is 17.0 Å². The van der Waals surface area contributed by atoms with Gasteiger partial charge in [-0.15, -0.1) is 0 Å². The first-order valence-corrected chi connectivity index (χ1v) is 6.06. The Labute approximate surface area is 111 Å². The van der Waals surface area contributed by atoms with Crippen molar-refractivity contribution in [3.05, 3.63) is 34.3 Å². The maximum Gasteiger partial charge on any atom is 0.303 e. The lowest BCUT2D eigenvalue weighted by molar-refractivity contribution is -0.137. The fourth-order valence-corrected chi connectivity index (χ4v) is 1.63. The monoisotopic (exact) mass is 269 g/mol. The van der Waals surface area contributed by atoms with Gasteiger partial charge in [0, 0.05) is 23.0 Å². The van der Waals surface area contributed by atoms with Crippen LogP contribution < -0.4 is 5.32 Å². The van der Waals surface area contributed by atoms with Crippen molar-refractivity contribution in [3.63, 3.8) is 0 Å². The topological polar surface area (TPSA) is 66.4 Å². The Bertz CT molecular complexity index is 460. The average Bonchev–Trinajstić information content (AvgIpc) is 2.30. The molecule has 0 bridgehead atoms. The van der Waals surface area contributed by atoms with E-state index in [1.54, 1.807) is 25.1 Å². The van der Waals surface area contributed by atoms with Gasteiger partial charge in [0.25, 0.3) is 5.91 Å². The molecule has 0 heterocycles. The number of carboxylic acid groups (broad SMARTS) is 1. The summed E-state index contributed by atoms with van der Waals surface area (Å²) in [5.74, 6) is -1.11. The first kappa shape index (κ1) is 14.5. The van der Waals surface area contributed by atoms with Crippen LogP contribution >= 0.6 is 11.6 Å². The Kier molecular flexibility index (Phi) is 5.16. The van der Waals surface area contributed by atoms with Gasteiger partial charge in [-0.25, -0.2) is 0 Å². The van der Waals surface area contributed by atoms with Crippen molar-refractivity contribution in [2.24, 2.45) is 0 Å². The van der Waals surface area contributed by atoms with E-state index in [1.807, 2.05) is 6.92 Å². The zero-order valence-corrected chi connectivity index (χ0v) is 11.1. The number of carbonyl (C=O) groups excluding carboxylic acids is 1. The van der Waals surface area contributed by atoms with Crippen LogP contribution in [0.25, 0.3) is 0 Å². The van der Waals surface area contributed by atoms with Crippen LogP contribution in [-0.2, 0) is 4.79 Å². The quantitative estimate of drug-likeness (QED) is 0.863. The molecule has 0 saturated carbocycles. The summed E-state index contributed by atoms with van der Waals surface area (Å²) >= 11 is 5.94. The maximum absolute atomic E-state index is 11.8. The standard InChI is InChI=1S/C13H16ClNO3/c1-8-3-5-10(7-11(8)14)13(18)15-9(2)4-6-12(16)17/h3,5,7,9H,4,6H2,1-2H3,(H,15,18)(H,16,17). The van der Waals surface area contributed by atoms with E-state index in [2.05, 4.69) is 5.32 Å². The fourth-order valence-electron chi connectivity index (χ4n) is 1.45. The number of aryl methyl sites for hydroxylation is 1. The highest BCUT2D eigenvalue weighted by molar-refractivity contribution is 6.31. The highest BCUT2D eigenvalue weighted by Crippen LogP contribution is 2.16. The van der Waals surface area contributed by atoms with Crippen molar-refractivity contribution in [1.29, 1.82) is 0 Å². The van der Waals surface area contributed by atoms with Crippen molar-refractivity contribution in [2.75, 3.05) is 0 Å². The molecule has 1 rings (SSSR count). The van der Waals surface area contributed by atoms with Crippen LogP contribution in [0.15, 0.2) is 18.2 Å². The fraction of sp³-hybridized carbons (Fsp3) is 0.385. The molecule has 4 nitrogen and oxygen atoms in total. The van der Waals surface area contributed by atoms with Crippen LogP contribution in [0.3, 0.4) is 0 Å². The Morgan fingerprint density at radius 1 is 1.44 bits per heavy atom. The number of carboxylic acids is 1. The molecule has 0 spiro atoms. The minimum Gasteiger partial charge on any atom is -0.481 e. The van der Waals surface area contributed by atoms with E-state index in [9.17, 15) is 9.59 Å². The molecule has 0 aliphatic carbocycles. The first-order valence-electron chi connectivity index (χ1n) is 5.69. The second-order valence-corrected chi connectivity index (χ2v) is 4.68. The number of nitrogens with one attached hydrogen (secondary N) is 1. The van der Waals surface area contributed by atoms with E-state index in [-0.39, 0.29) is 18.4 Å². The normalized spacial score (nSPS) is 11.9. The van der Waals surface area contributed by atoms with E-state index in [0.717, 1.165) is 5.56 Å². The molecule has 2 N–H and O–H groups in total. The van der Waals surface area contributed by atoms with Gasteiger partial charge >= 0.3 is 5.97 Å². The third-order valence-corrected chi connectivity index (χ3v) is 3.01. The van der Waals surface area contributed by atoms with E-state index < -0.39 is 5.97 Å². The Morgan fingerprint density at radius 2 is 2.11 bits per heavy atom. The zero-order chi connectivity index (χ0) is 13.7. The SMILES string of the molecule is Cc1ccc(C(=O)NC(C)CCC(=O)O)cc1Cl. The van der Waals surface area contributed by atoms with Crippen LogP contribution in [0.5, 0.6) is 0 Å². The maximum atomic E-state index is 11.8. The second-order valence-electron chi connectivity index (χ2n) is 4.27. The summed E-state index contributed by atoms with van der Waals surface area (Å²) in [5.41, 5.74) is 1.39. The Morgan fingerprint density at radius 3 is 2.67 bits per heavy atom. The summed E-state index contributed by atoms with van der Waals surface area (Å²) in [6.07, 6.45) is 0.441. The Balaban J connectivity index is 2.59. The third kappa shape index (κ3) is 4.37. The lowest BCUT2D eigenvalue weighted by Gasteiger charge is -2.13. The van der Waals surface area contributed by atoms with E-state index >= 15 is 0 Å². The lowest BCUT2D eigenvalue weighted by atomic mass is 10.1. The molecular formula is C13H16ClNO3. The summed E-state index contributed by atoms with van der Waals surface area (Å²) in [4.78, 5) is 22.3. The minimum atomic E-state index is -0.866. The predicted octanol–water partition coefficient (Wildman–Crippen LogP) is 2.63. The van der Waals surface area contributed by atoms with Gasteiger partial charge in [0.05, 0.1) is 0 Å². The second kappa shape index (κ2) is 6.40. The Hall–Kier alpha value is -1.55. The largest absolute Gasteiger partial charge is 0.481 e. The van der Waals surface area contributed by atoms with Crippen LogP contribution in [-0.4, -0.2) is 23.0 Å². The highest BCUT2D eigenvalue weighted by atomic mass is 35.5. The van der Waals surface area contributed by atoms with Crippen molar-refractivity contribution >= 4 is 23.5 Å². The van der Waals surface area contributed by atoms with Gasteiger partial charge < -0.3 is 10.4 Å². The number of rotatable bonds is 5. The van der Waals surface area contributed by atoms with Crippen LogP contribution in [0, 0.1) is 6.92 Å². The molecule has 1 aromatic rings. The van der Waals surface area contributed by atoms with Crippen molar-refractivity contribution < 1.29 is 14.7 Å². The number of benzene rings is 1. The lowest BCUT2D eigenvalue weighted by Crippen LogP contribution is -2.32. The molecule has 0 fully saturated rings. The number of aliphatic carboxylic acids is 1. The van der Waals surface area contributed by atoms with Gasteiger partial charge in [-0.1, -0.05) is 17.7 Å². The van der Waals surface area contributed by atoms with Crippen molar-refractivity contribution in [1.82, 2.24) is 5.32 Å². The van der Waals surface area contributed by atoms with Crippen LogP contribution in [0.2, 0.25) is 5.02 Å². The molecule has 0 aliphatic heterocycles. The van der Waals surface area contributed by atoms with Gasteiger partial charge in [-0.05, 0) is 38.0 Å². The molecular weight excluding hydrogens is 254 g/mol. The molecule has 5 heteroatoms. The summed E-state index contributed by atoms with van der Waals surface area (Å²) in [7, 11) is 0. The highest BCUT2D eigenvalue weighted by Gasteiger charge is 2.11. The number of amides is 1. The third-order valence-electron chi connectivity index (χ3n) is 2.60. The smallest absolute Gasteiger partial charge is 0.303 e. The molecule has 18 heavy (non-hydrogen) atoms. The zero-order valence-electron chi connectivity index (χ0n) is 10.4. The van der Waals surface area contributed by atoms with Gasteiger partial charge in [0.15, 0.2) is 0 Å². The number of halogens is 1. The van der Waals surface area contributed by atoms with E-state index in [4.69, 9.17) is 16.7 Å². The van der Waals surface area contributed by atoms with Crippen LogP contribution in [0.4, 0.5) is 0 Å². The number of carbonyl (C=O) groups is 2. The number of hydrogen-bond donors (Lipinski definition) is 2. The predicted molar refractivity (Wildman–Crippen MR) is 70.0 cm³/mol. The van der Waals surface area contributed by atoms with Gasteiger partial charge in [0.2, 0.25) is 0 Å². The number of hydrogen-bond acceptors (Lipinski definition) is 2. The summed E-state index contributed by atoms with van der Waals surface area (Å²) in [5, 5.41) is 11.8. The summed E-state index contributed by atoms with van der Waals surface area (Å²) in [6.45, 7) is 3.64. The molecule has 1 unspecified atom stereocenters. The van der Waals surface area contributed by atoms with Crippen LogP contribution in [0.1, 0.15) is 35.7 Å². The summed E-state index contributed by atoms with van der Waals surface area (Å²) in [6, 6.07) is 4.89. The molecule has 1 atom stereocenters. The van der Waals surface area contributed by atoms with Gasteiger partial charge in [-0.2, -0.15) is 0 Å². The molecule has 98 valence electrons. The molecule has 0 aliphatic rings. The minimum absolute atomic E-state index is 0.0378. The van der Waals surface area contributed by atoms with Gasteiger partial charge in [-0.3, -0.25) is 9.59 Å². The molecule has 1 amide bonds. The molecule has 0 aromatic heterocycles. The molecule has 0 saturated heterocycles. The van der Waals surface area contributed by atoms with Gasteiger partial charge in [0.1, 0.15) is 0 Å². The summed E-state index contributed by atoms with van der Waals surface area (Å²) < 4.78 is 0. The van der Waals surface area contributed by atoms with Crippen molar-refractivity contribution in [3.8, 4) is 0 Å². The van der Waals surface area contributed by atoms with E-state index in [1.165, 1.54) is 0 Å². The molecule has 0 radical (unpaired) electrons. The first-order chi connectivity index (χ1) is 8.40. The average molecular weight is 270 g/mol. The van der Waals surface area contributed by atoms with Crippen molar-refractivity contribution in [2.45, 2.75) is 32.7 Å². The molecule has 1 aromatic carbocycles.